The minimum absolute atomic E-state index is 0.111. The number of aliphatic hydroxyl groups is 1. The van der Waals surface area contributed by atoms with E-state index in [1.807, 2.05) is 44.2 Å². The van der Waals surface area contributed by atoms with Gasteiger partial charge in [-0.1, -0.05) is 44.2 Å². The molecule has 0 spiro atoms. The summed E-state index contributed by atoms with van der Waals surface area (Å²) in [6.07, 6.45) is 0.457. The third kappa shape index (κ3) is 7.82. The van der Waals surface area contributed by atoms with Crippen molar-refractivity contribution in [1.29, 1.82) is 0 Å². The Morgan fingerprint density at radius 1 is 1.31 bits per heavy atom. The second-order valence-corrected chi connectivity index (χ2v) is 9.47. The summed E-state index contributed by atoms with van der Waals surface area (Å²) < 4.78 is 25.5. The number of nitrogens with two attached hydrogens (primary N) is 1. The van der Waals surface area contributed by atoms with Crippen LogP contribution in [0.3, 0.4) is 0 Å². The van der Waals surface area contributed by atoms with E-state index in [0.717, 1.165) is 11.8 Å². The molecule has 0 aromatic heterocycles. The molecule has 0 aliphatic rings. The topological polar surface area (TPSA) is 113 Å². The maximum absolute atomic E-state index is 12.2. The van der Waals surface area contributed by atoms with Gasteiger partial charge in [-0.3, -0.25) is 4.79 Å². The van der Waals surface area contributed by atoms with Gasteiger partial charge >= 0.3 is 0 Å². The van der Waals surface area contributed by atoms with E-state index in [4.69, 9.17) is 5.73 Å². The van der Waals surface area contributed by atoms with E-state index < -0.39 is 27.6 Å². The van der Waals surface area contributed by atoms with Gasteiger partial charge in [0.2, 0.25) is 15.9 Å². The zero-order valence-electron chi connectivity index (χ0n) is 16.0. The molecule has 0 fully saturated rings. The fourth-order valence-corrected chi connectivity index (χ4v) is 3.61. The molecule has 1 aromatic rings. The van der Waals surface area contributed by atoms with Crippen LogP contribution in [0.1, 0.15) is 26.3 Å². The summed E-state index contributed by atoms with van der Waals surface area (Å²) in [5, 5.41) is 13.4. The molecule has 148 valence electrons. The Balaban J connectivity index is 2.96. The Morgan fingerprint density at radius 3 is 2.35 bits per heavy atom. The van der Waals surface area contributed by atoms with Crippen LogP contribution in [0.25, 0.3) is 0 Å². The molecule has 0 heterocycles. The maximum Gasteiger partial charge on any atom is 0.217 e. The largest absolute Gasteiger partial charge is 0.390 e. The Bertz CT molecular complexity index is 677. The minimum Gasteiger partial charge on any atom is -0.390 e. The summed E-state index contributed by atoms with van der Waals surface area (Å²) >= 11 is 0. The van der Waals surface area contributed by atoms with Crippen LogP contribution in [0.2, 0.25) is 0 Å². The molecule has 0 saturated carbocycles. The summed E-state index contributed by atoms with van der Waals surface area (Å²) in [7, 11) is -3.53. The van der Waals surface area contributed by atoms with Crippen molar-refractivity contribution in [2.75, 3.05) is 25.9 Å². The van der Waals surface area contributed by atoms with E-state index in [1.54, 1.807) is 0 Å². The van der Waals surface area contributed by atoms with E-state index >= 15 is 0 Å². The number of hydrogen-bond acceptors (Lipinski definition) is 5. The molecule has 26 heavy (non-hydrogen) atoms. The van der Waals surface area contributed by atoms with Crippen LogP contribution in [0.4, 0.5) is 0 Å². The molecular weight excluding hydrogens is 354 g/mol. The van der Waals surface area contributed by atoms with Crippen molar-refractivity contribution in [3.63, 3.8) is 0 Å². The molecule has 4 N–H and O–H groups in total. The van der Waals surface area contributed by atoms with Crippen LogP contribution in [0.15, 0.2) is 30.3 Å². The molecule has 1 amide bonds. The van der Waals surface area contributed by atoms with Gasteiger partial charge < -0.3 is 16.2 Å². The van der Waals surface area contributed by atoms with Crippen molar-refractivity contribution >= 4 is 15.9 Å². The molecule has 1 aromatic carbocycles. The highest BCUT2D eigenvalue weighted by molar-refractivity contribution is 7.88. The summed E-state index contributed by atoms with van der Waals surface area (Å²) in [5.74, 6) is -0.279. The van der Waals surface area contributed by atoms with Crippen LogP contribution in [-0.2, 0) is 21.2 Å². The highest BCUT2D eigenvalue weighted by atomic mass is 32.2. The molecule has 7 nitrogen and oxygen atoms in total. The van der Waals surface area contributed by atoms with Gasteiger partial charge in [-0.05, 0) is 23.9 Å². The molecule has 0 aliphatic carbocycles. The lowest BCUT2D eigenvalue weighted by molar-refractivity contribution is -0.120. The van der Waals surface area contributed by atoms with Gasteiger partial charge in [0.15, 0.2) is 0 Å². The first-order valence-electron chi connectivity index (χ1n) is 8.59. The van der Waals surface area contributed by atoms with Crippen molar-refractivity contribution in [3.05, 3.63) is 35.9 Å². The Kier molecular flexibility index (Phi) is 8.20. The van der Waals surface area contributed by atoms with Crippen molar-refractivity contribution in [2.24, 2.45) is 11.1 Å². The van der Waals surface area contributed by atoms with E-state index in [0.29, 0.717) is 13.0 Å². The van der Waals surface area contributed by atoms with E-state index in [1.165, 1.54) is 11.2 Å². The number of carbonyl (C=O) groups is 1. The number of rotatable bonds is 10. The second kappa shape index (κ2) is 9.45. The third-order valence-electron chi connectivity index (χ3n) is 4.17. The van der Waals surface area contributed by atoms with Gasteiger partial charge in [-0.25, -0.2) is 8.42 Å². The predicted molar refractivity (Wildman–Crippen MR) is 103 cm³/mol. The monoisotopic (exact) mass is 385 g/mol. The van der Waals surface area contributed by atoms with E-state index in [2.05, 4.69) is 5.32 Å². The average molecular weight is 386 g/mol. The lowest BCUT2D eigenvalue weighted by Crippen LogP contribution is -2.52. The van der Waals surface area contributed by atoms with Crippen LogP contribution in [0.5, 0.6) is 0 Å². The zero-order valence-corrected chi connectivity index (χ0v) is 16.8. The number of benzene rings is 1. The Labute approximate surface area is 156 Å². The minimum atomic E-state index is -3.53. The molecule has 2 atom stereocenters. The van der Waals surface area contributed by atoms with Crippen molar-refractivity contribution < 1.29 is 18.3 Å². The lowest BCUT2D eigenvalue weighted by atomic mass is 9.93. The Morgan fingerprint density at radius 2 is 1.88 bits per heavy atom. The number of nitrogens with zero attached hydrogens (tertiary/aromatic N) is 1. The quantitative estimate of drug-likeness (QED) is 0.538. The zero-order chi connectivity index (χ0) is 20.0. The van der Waals surface area contributed by atoms with Crippen LogP contribution in [-0.4, -0.2) is 61.8 Å². The highest BCUT2D eigenvalue weighted by Crippen LogP contribution is 2.18. The van der Waals surface area contributed by atoms with Gasteiger partial charge in [0.1, 0.15) is 0 Å². The molecular formula is C18H31N3O4S. The first-order valence-corrected chi connectivity index (χ1v) is 10.4. The summed E-state index contributed by atoms with van der Waals surface area (Å²) in [5.41, 5.74) is 6.23. The molecule has 0 aliphatic heterocycles. The second-order valence-electron chi connectivity index (χ2n) is 7.49. The molecule has 0 saturated heterocycles. The van der Waals surface area contributed by atoms with Gasteiger partial charge in [0.05, 0.1) is 18.4 Å². The summed E-state index contributed by atoms with van der Waals surface area (Å²) in [4.78, 5) is 11.5. The Hall–Kier alpha value is -1.48. The normalized spacial score (nSPS) is 14.9. The molecule has 0 unspecified atom stereocenters. The standard InChI is InChI=1S/C18H31N3O4S/c1-14(22)20-16(10-15-8-6-5-7-9-15)17(23)11-21(26(4,24)25)13-18(2,3)12-19/h5-9,16-17,23H,10-13,19H2,1-4H3,(H,20,22)/t16-,17+/m0/s1. The number of hydrogen-bond donors (Lipinski definition) is 3. The van der Waals surface area contributed by atoms with Crippen LogP contribution >= 0.6 is 0 Å². The number of sulfonamides is 1. The van der Waals surface area contributed by atoms with Crippen molar-refractivity contribution in [1.82, 2.24) is 9.62 Å². The average Bonchev–Trinajstić information content (AvgIpc) is 2.53. The third-order valence-corrected chi connectivity index (χ3v) is 5.38. The van der Waals surface area contributed by atoms with Gasteiger partial charge in [-0.15, -0.1) is 0 Å². The van der Waals surface area contributed by atoms with E-state index in [9.17, 15) is 18.3 Å². The fourth-order valence-electron chi connectivity index (χ4n) is 2.61. The fraction of sp³-hybridized carbons (Fsp3) is 0.611. The van der Waals surface area contributed by atoms with Crippen molar-refractivity contribution in [3.8, 4) is 0 Å². The number of nitrogens with one attached hydrogen (secondary N) is 1. The summed E-state index contributed by atoms with van der Waals surface area (Å²) in [6, 6.07) is 8.83. The molecule has 8 heteroatoms. The smallest absolute Gasteiger partial charge is 0.217 e. The molecule has 1 rings (SSSR count). The van der Waals surface area contributed by atoms with Gasteiger partial charge in [0, 0.05) is 20.0 Å². The van der Waals surface area contributed by atoms with Crippen molar-refractivity contribution in [2.45, 2.75) is 39.3 Å². The number of amides is 1. The molecule has 0 bridgehead atoms. The van der Waals surface area contributed by atoms with Gasteiger partial charge in [-0.2, -0.15) is 4.31 Å². The first-order chi connectivity index (χ1) is 11.9. The first kappa shape index (κ1) is 22.6. The van der Waals surface area contributed by atoms with Crippen LogP contribution < -0.4 is 11.1 Å². The van der Waals surface area contributed by atoms with E-state index in [-0.39, 0.29) is 19.0 Å². The van der Waals surface area contributed by atoms with Gasteiger partial charge in [0.25, 0.3) is 0 Å². The molecule has 0 radical (unpaired) electrons. The van der Waals surface area contributed by atoms with Crippen LogP contribution in [0, 0.1) is 5.41 Å². The maximum atomic E-state index is 12.2. The summed E-state index contributed by atoms with van der Waals surface area (Å²) in [6.45, 7) is 5.50. The lowest BCUT2D eigenvalue weighted by Gasteiger charge is -2.33. The predicted octanol–water partition coefficient (Wildman–Crippen LogP) is 0.341. The number of carbonyl (C=O) groups excluding carboxylic acids is 1. The number of aliphatic hydroxyl groups excluding tert-OH is 1. The highest BCUT2D eigenvalue weighted by Gasteiger charge is 2.30. The SMILES string of the molecule is CC(=O)N[C@@H](Cc1ccccc1)[C@H](O)CN(CC(C)(C)CN)S(C)(=O)=O.